The summed E-state index contributed by atoms with van der Waals surface area (Å²) in [5, 5.41) is 4.08. The molecule has 1 aliphatic heterocycles. The van der Waals surface area contributed by atoms with Crippen molar-refractivity contribution in [3.8, 4) is 0 Å². The molecule has 29 heavy (non-hydrogen) atoms. The second-order valence-corrected chi connectivity index (χ2v) is 9.39. The summed E-state index contributed by atoms with van der Waals surface area (Å²) in [6.45, 7) is 7.73. The molecule has 1 N–H and O–H groups in total. The minimum Gasteiger partial charge on any atom is -0.347 e. The number of carbonyl (C=O) groups excluding carboxylic acids is 1. The third-order valence-electron chi connectivity index (χ3n) is 5.62. The number of halogens is 1. The third kappa shape index (κ3) is 6.03. The van der Waals surface area contributed by atoms with Crippen molar-refractivity contribution in [3.05, 3.63) is 64.9 Å². The zero-order chi connectivity index (χ0) is 20.9. The highest BCUT2D eigenvalue weighted by Crippen LogP contribution is 2.29. The second-order valence-electron chi connectivity index (χ2n) is 8.98. The van der Waals surface area contributed by atoms with Gasteiger partial charge >= 0.3 is 0 Å². The lowest BCUT2D eigenvalue weighted by atomic mass is 9.91. The van der Waals surface area contributed by atoms with E-state index in [-0.39, 0.29) is 11.9 Å². The molecular weight excluding hydrogens is 382 g/mol. The van der Waals surface area contributed by atoms with Gasteiger partial charge in [0.15, 0.2) is 0 Å². The normalized spacial score (nSPS) is 19.0. The van der Waals surface area contributed by atoms with Crippen molar-refractivity contribution >= 4 is 17.5 Å². The second kappa shape index (κ2) is 9.73. The van der Waals surface area contributed by atoms with Crippen molar-refractivity contribution in [1.82, 2.24) is 15.2 Å². The fourth-order valence-corrected chi connectivity index (χ4v) is 4.06. The Balaban J connectivity index is 1.78. The summed E-state index contributed by atoms with van der Waals surface area (Å²) in [4.78, 5) is 19.8. The zero-order valence-corrected chi connectivity index (χ0v) is 18.5. The number of carbonyl (C=O) groups is 1. The molecule has 156 valence electrons. The average Bonchev–Trinajstić information content (AvgIpc) is 2.70. The molecule has 0 spiro atoms. The van der Waals surface area contributed by atoms with E-state index in [9.17, 15) is 4.79 Å². The van der Waals surface area contributed by atoms with Crippen LogP contribution < -0.4 is 5.32 Å². The summed E-state index contributed by atoms with van der Waals surface area (Å²) in [6, 6.07) is 14.3. The van der Waals surface area contributed by atoms with Crippen molar-refractivity contribution < 1.29 is 4.79 Å². The maximum absolute atomic E-state index is 12.7. The lowest BCUT2D eigenvalue weighted by Gasteiger charge is -2.38. The first-order valence-corrected chi connectivity index (χ1v) is 10.9. The minimum absolute atomic E-state index is 0.0571. The van der Waals surface area contributed by atoms with Gasteiger partial charge in [-0.25, -0.2) is 0 Å². The van der Waals surface area contributed by atoms with Crippen LogP contribution in [0.4, 0.5) is 0 Å². The van der Waals surface area contributed by atoms with Crippen LogP contribution in [0.25, 0.3) is 0 Å². The number of amides is 1. The Kier molecular flexibility index (Phi) is 7.31. The van der Waals surface area contributed by atoms with Crippen LogP contribution in [0.3, 0.4) is 0 Å². The number of nitrogens with zero attached hydrogens (tertiary/aromatic N) is 2. The Hall–Kier alpha value is -1.91. The molecule has 0 bridgehead atoms. The highest BCUT2D eigenvalue weighted by atomic mass is 35.5. The van der Waals surface area contributed by atoms with Crippen LogP contribution in [0.15, 0.2) is 48.7 Å². The molecule has 2 atom stereocenters. The van der Waals surface area contributed by atoms with E-state index >= 15 is 0 Å². The van der Waals surface area contributed by atoms with E-state index in [1.807, 2.05) is 57.2 Å². The fraction of sp³-hybridized carbons (Fsp3) is 0.500. The summed E-state index contributed by atoms with van der Waals surface area (Å²) >= 11 is 6.42. The Bertz CT molecular complexity index is 803. The molecule has 1 saturated heterocycles. The van der Waals surface area contributed by atoms with E-state index in [2.05, 4.69) is 21.3 Å². The predicted molar refractivity (Wildman–Crippen MR) is 119 cm³/mol. The number of hydrogen-bond acceptors (Lipinski definition) is 3. The summed E-state index contributed by atoms with van der Waals surface area (Å²) < 4.78 is 0. The average molecular weight is 414 g/mol. The number of rotatable bonds is 6. The lowest BCUT2D eigenvalue weighted by molar-refractivity contribution is -0.129. The Morgan fingerprint density at radius 3 is 2.66 bits per heavy atom. The molecular formula is C24H32ClN3O. The molecule has 2 aromatic rings. The number of likely N-dealkylation sites (tertiary alicyclic amines) is 1. The molecule has 0 saturated carbocycles. The fourth-order valence-electron chi connectivity index (χ4n) is 3.86. The number of hydrogen-bond donors (Lipinski definition) is 1. The zero-order valence-electron chi connectivity index (χ0n) is 17.7. The molecule has 1 aromatic heterocycles. The molecule has 2 heterocycles. The molecule has 0 radical (unpaired) electrons. The number of nitrogens with one attached hydrogen (secondary N) is 1. The molecule has 5 heteroatoms. The molecule has 4 nitrogen and oxygen atoms in total. The molecule has 1 amide bonds. The lowest BCUT2D eigenvalue weighted by Crippen LogP contribution is -2.44. The molecule has 1 aliphatic rings. The van der Waals surface area contributed by atoms with Gasteiger partial charge in [-0.1, -0.05) is 63.1 Å². The predicted octanol–water partition coefficient (Wildman–Crippen LogP) is 5.38. The molecule has 1 aromatic carbocycles. The maximum atomic E-state index is 12.7. The molecule has 1 fully saturated rings. The van der Waals surface area contributed by atoms with Crippen LogP contribution >= 0.6 is 11.6 Å². The summed E-state index contributed by atoms with van der Waals surface area (Å²) in [7, 11) is 0. The van der Waals surface area contributed by atoms with E-state index in [1.54, 1.807) is 6.20 Å². The largest absolute Gasteiger partial charge is 0.347 e. The highest BCUT2D eigenvalue weighted by molar-refractivity contribution is 6.31. The number of aromatic nitrogens is 1. The van der Waals surface area contributed by atoms with Crippen molar-refractivity contribution in [1.29, 1.82) is 0 Å². The first kappa shape index (κ1) is 21.8. The van der Waals surface area contributed by atoms with Crippen molar-refractivity contribution in [2.24, 2.45) is 5.41 Å². The molecule has 0 aliphatic carbocycles. The van der Waals surface area contributed by atoms with Crippen LogP contribution in [0.1, 0.15) is 63.8 Å². The van der Waals surface area contributed by atoms with Gasteiger partial charge in [0.2, 0.25) is 5.91 Å². The third-order valence-corrected chi connectivity index (χ3v) is 5.99. The maximum Gasteiger partial charge on any atom is 0.225 e. The summed E-state index contributed by atoms with van der Waals surface area (Å²) in [5.41, 5.74) is 1.65. The van der Waals surface area contributed by atoms with E-state index in [4.69, 9.17) is 11.6 Å². The van der Waals surface area contributed by atoms with E-state index in [0.29, 0.717) is 6.04 Å². The topological polar surface area (TPSA) is 45.2 Å². The number of piperidine rings is 1. The molecule has 0 unspecified atom stereocenters. The monoisotopic (exact) mass is 413 g/mol. The van der Waals surface area contributed by atoms with Gasteiger partial charge in [-0.2, -0.15) is 0 Å². The van der Waals surface area contributed by atoms with Crippen molar-refractivity contribution in [2.75, 3.05) is 6.54 Å². The standard InChI is InChI=1S/C24H32ClN3O/c1-24(2,3)23(29)27-22(21-13-6-8-14-26-21)16-19-11-7-9-15-28(19)17-18-10-4-5-12-20(18)25/h4-6,8,10,12-14,19,22H,7,9,11,15-17H2,1-3H3,(H,27,29)/t19-,22-/m0/s1. The van der Waals surface area contributed by atoms with Gasteiger partial charge in [-0.15, -0.1) is 0 Å². The van der Waals surface area contributed by atoms with Gasteiger partial charge in [0.05, 0.1) is 11.7 Å². The van der Waals surface area contributed by atoms with Gasteiger partial charge in [0.1, 0.15) is 0 Å². The van der Waals surface area contributed by atoms with Crippen molar-refractivity contribution in [3.63, 3.8) is 0 Å². The first-order chi connectivity index (χ1) is 13.8. The number of benzene rings is 1. The summed E-state index contributed by atoms with van der Waals surface area (Å²) in [5.74, 6) is 0.0571. The van der Waals surface area contributed by atoms with E-state index < -0.39 is 5.41 Å². The van der Waals surface area contributed by atoms with Gasteiger partial charge < -0.3 is 5.32 Å². The Labute approximate surface area is 179 Å². The quantitative estimate of drug-likeness (QED) is 0.691. The van der Waals surface area contributed by atoms with Gasteiger partial charge in [0.25, 0.3) is 0 Å². The van der Waals surface area contributed by atoms with Gasteiger partial charge in [-0.3, -0.25) is 14.7 Å². The smallest absolute Gasteiger partial charge is 0.225 e. The van der Waals surface area contributed by atoms with Crippen LogP contribution in [0.5, 0.6) is 0 Å². The van der Waals surface area contributed by atoms with Crippen LogP contribution in [0, 0.1) is 5.41 Å². The van der Waals surface area contributed by atoms with Crippen LogP contribution in [0.2, 0.25) is 5.02 Å². The Morgan fingerprint density at radius 2 is 1.97 bits per heavy atom. The summed E-state index contributed by atoms with van der Waals surface area (Å²) in [6.07, 6.45) is 6.19. The first-order valence-electron chi connectivity index (χ1n) is 10.5. The van der Waals surface area contributed by atoms with Gasteiger partial charge in [0, 0.05) is 29.2 Å². The Morgan fingerprint density at radius 1 is 1.21 bits per heavy atom. The van der Waals surface area contributed by atoms with Crippen molar-refractivity contribution in [2.45, 2.75) is 65.1 Å². The highest BCUT2D eigenvalue weighted by Gasteiger charge is 2.30. The van der Waals surface area contributed by atoms with Gasteiger partial charge in [-0.05, 0) is 49.6 Å². The van der Waals surface area contributed by atoms with Crippen LogP contribution in [-0.2, 0) is 11.3 Å². The molecule has 3 rings (SSSR count). The van der Waals surface area contributed by atoms with E-state index in [0.717, 1.165) is 42.2 Å². The minimum atomic E-state index is -0.434. The van der Waals surface area contributed by atoms with E-state index in [1.165, 1.54) is 12.8 Å². The van der Waals surface area contributed by atoms with Crippen LogP contribution in [-0.4, -0.2) is 28.4 Å². The number of pyridine rings is 1. The SMILES string of the molecule is CC(C)(C)C(=O)N[C@@H](C[C@@H]1CCCCN1Cc1ccccc1Cl)c1ccccn1.